The van der Waals surface area contributed by atoms with Crippen LogP contribution in [0.5, 0.6) is 5.75 Å². The van der Waals surface area contributed by atoms with Gasteiger partial charge in [-0.3, -0.25) is 4.99 Å². The second-order valence-electron chi connectivity index (χ2n) is 5.76. The average molecular weight is 503 g/mol. The molecule has 0 saturated carbocycles. The summed E-state index contributed by atoms with van der Waals surface area (Å²) < 4.78 is 5.54. The van der Waals surface area contributed by atoms with E-state index >= 15 is 0 Å². The molecule has 27 heavy (non-hydrogen) atoms. The van der Waals surface area contributed by atoms with Gasteiger partial charge in [-0.2, -0.15) is 0 Å². The molecule has 2 rings (SSSR count). The van der Waals surface area contributed by atoms with Gasteiger partial charge in [-0.25, -0.2) is 4.98 Å². The average Bonchev–Trinajstić information content (AvgIpc) is 2.64. The van der Waals surface area contributed by atoms with Crippen LogP contribution in [0, 0.1) is 0 Å². The van der Waals surface area contributed by atoms with Gasteiger partial charge in [-0.1, -0.05) is 29.8 Å². The molecule has 0 amide bonds. The number of aliphatic imine (C=N–C) groups is 1. The van der Waals surface area contributed by atoms with E-state index in [4.69, 9.17) is 16.3 Å². The minimum absolute atomic E-state index is 0. The Balaban J connectivity index is 0.00000364. The predicted octanol–water partition coefficient (Wildman–Crippen LogP) is 4.09. The summed E-state index contributed by atoms with van der Waals surface area (Å²) in [6.45, 7) is 7.06. The maximum atomic E-state index is 5.81. The van der Waals surface area contributed by atoms with Gasteiger partial charge in [0.05, 0.1) is 6.61 Å². The highest BCUT2D eigenvalue weighted by Crippen LogP contribution is 2.13. The molecule has 0 spiro atoms. The molecule has 0 unspecified atom stereocenters. The summed E-state index contributed by atoms with van der Waals surface area (Å²) >= 11 is 5.81. The molecule has 7 heteroatoms. The molecule has 0 aliphatic rings. The Morgan fingerprint density at radius 3 is 2.67 bits per heavy atom. The highest BCUT2D eigenvalue weighted by Gasteiger charge is 2.00. The van der Waals surface area contributed by atoms with Crippen molar-refractivity contribution in [1.29, 1.82) is 0 Å². The Morgan fingerprint density at radius 2 is 1.96 bits per heavy atom. The first-order chi connectivity index (χ1) is 12.7. The quantitative estimate of drug-likeness (QED) is 0.235. The Hall–Kier alpha value is -1.54. The van der Waals surface area contributed by atoms with Crippen LogP contribution >= 0.6 is 35.6 Å². The fourth-order valence-corrected chi connectivity index (χ4v) is 2.59. The zero-order chi connectivity index (χ0) is 18.6. The standard InChI is InChI=1S/C20H27ClN4O.HI/c1-3-22-20(24-13-11-17-8-9-19(21)25-15-17)23-12-10-16-6-5-7-18(14-16)26-4-2;/h5-9,14-15H,3-4,10-13H2,1-2H3,(H2,22,23,24);1H. The highest BCUT2D eigenvalue weighted by molar-refractivity contribution is 14.0. The summed E-state index contributed by atoms with van der Waals surface area (Å²) in [6, 6.07) is 12.0. The molecule has 148 valence electrons. The van der Waals surface area contributed by atoms with Crippen molar-refractivity contribution < 1.29 is 4.74 Å². The molecule has 2 N–H and O–H groups in total. The zero-order valence-corrected chi connectivity index (χ0v) is 19.0. The largest absolute Gasteiger partial charge is 0.494 e. The van der Waals surface area contributed by atoms with Crippen molar-refractivity contribution in [3.05, 3.63) is 58.9 Å². The summed E-state index contributed by atoms with van der Waals surface area (Å²) in [6.07, 6.45) is 3.54. The lowest BCUT2D eigenvalue weighted by Crippen LogP contribution is -2.38. The zero-order valence-electron chi connectivity index (χ0n) is 15.9. The lowest BCUT2D eigenvalue weighted by Gasteiger charge is -2.11. The number of rotatable bonds is 9. The van der Waals surface area contributed by atoms with Crippen LogP contribution in [-0.4, -0.2) is 37.2 Å². The normalized spacial score (nSPS) is 10.9. The number of benzene rings is 1. The highest BCUT2D eigenvalue weighted by atomic mass is 127. The van der Waals surface area contributed by atoms with Crippen LogP contribution < -0.4 is 15.4 Å². The minimum atomic E-state index is 0. The summed E-state index contributed by atoms with van der Waals surface area (Å²) in [7, 11) is 0. The maximum absolute atomic E-state index is 5.81. The molecule has 0 saturated heterocycles. The van der Waals surface area contributed by atoms with Crippen LogP contribution in [0.2, 0.25) is 5.15 Å². The van der Waals surface area contributed by atoms with Crippen LogP contribution in [0.4, 0.5) is 0 Å². The number of halogens is 2. The number of hydrogen-bond donors (Lipinski definition) is 2. The molecule has 0 radical (unpaired) electrons. The molecule has 5 nitrogen and oxygen atoms in total. The topological polar surface area (TPSA) is 58.5 Å². The van der Waals surface area contributed by atoms with Gasteiger partial charge in [0, 0.05) is 25.8 Å². The number of nitrogens with zero attached hydrogens (tertiary/aromatic N) is 2. The molecule has 0 fully saturated rings. The second-order valence-corrected chi connectivity index (χ2v) is 6.14. The SMILES string of the molecule is CCNC(=NCCc1cccc(OCC)c1)NCCc1ccc(Cl)nc1.I. The molecule has 1 aromatic heterocycles. The van der Waals surface area contributed by atoms with Crippen LogP contribution in [0.3, 0.4) is 0 Å². The van der Waals surface area contributed by atoms with E-state index in [1.165, 1.54) is 5.56 Å². The van der Waals surface area contributed by atoms with Gasteiger partial charge in [-0.15, -0.1) is 24.0 Å². The number of hydrogen-bond acceptors (Lipinski definition) is 3. The van der Waals surface area contributed by atoms with Crippen molar-refractivity contribution in [2.45, 2.75) is 26.7 Å². The van der Waals surface area contributed by atoms with E-state index in [1.54, 1.807) is 6.20 Å². The predicted molar refractivity (Wildman–Crippen MR) is 124 cm³/mol. The minimum Gasteiger partial charge on any atom is -0.494 e. The van der Waals surface area contributed by atoms with E-state index in [9.17, 15) is 0 Å². The number of ether oxygens (including phenoxy) is 1. The van der Waals surface area contributed by atoms with Crippen molar-refractivity contribution in [2.75, 3.05) is 26.2 Å². The monoisotopic (exact) mass is 502 g/mol. The first-order valence-corrected chi connectivity index (χ1v) is 9.43. The van der Waals surface area contributed by atoms with E-state index in [0.717, 1.165) is 43.2 Å². The van der Waals surface area contributed by atoms with Crippen molar-refractivity contribution in [2.24, 2.45) is 4.99 Å². The van der Waals surface area contributed by atoms with Crippen molar-refractivity contribution in [1.82, 2.24) is 15.6 Å². The molecule has 0 atom stereocenters. The smallest absolute Gasteiger partial charge is 0.191 e. The fraction of sp³-hybridized carbons (Fsp3) is 0.400. The number of pyridine rings is 1. The summed E-state index contributed by atoms with van der Waals surface area (Å²) in [4.78, 5) is 8.74. The summed E-state index contributed by atoms with van der Waals surface area (Å²) in [5.41, 5.74) is 2.37. The third-order valence-corrected chi connectivity index (χ3v) is 3.94. The molecule has 0 bridgehead atoms. The molecular formula is C20H28ClIN4O. The van der Waals surface area contributed by atoms with Gasteiger partial charge >= 0.3 is 0 Å². The third-order valence-electron chi connectivity index (χ3n) is 3.72. The Morgan fingerprint density at radius 1 is 1.11 bits per heavy atom. The van der Waals surface area contributed by atoms with E-state index in [-0.39, 0.29) is 24.0 Å². The number of guanidine groups is 1. The lowest BCUT2D eigenvalue weighted by atomic mass is 10.1. The lowest BCUT2D eigenvalue weighted by molar-refractivity contribution is 0.340. The van der Waals surface area contributed by atoms with Crippen molar-refractivity contribution in [3.63, 3.8) is 0 Å². The van der Waals surface area contributed by atoms with Crippen molar-refractivity contribution in [3.8, 4) is 5.75 Å². The molecule has 1 aromatic carbocycles. The maximum Gasteiger partial charge on any atom is 0.191 e. The van der Waals surface area contributed by atoms with Gasteiger partial charge in [0.2, 0.25) is 0 Å². The Bertz CT molecular complexity index is 695. The third kappa shape index (κ3) is 9.28. The van der Waals surface area contributed by atoms with E-state index in [1.807, 2.05) is 31.2 Å². The van der Waals surface area contributed by atoms with Crippen LogP contribution in [0.1, 0.15) is 25.0 Å². The van der Waals surface area contributed by atoms with Crippen molar-refractivity contribution >= 4 is 41.5 Å². The number of nitrogens with one attached hydrogen (secondary N) is 2. The fourth-order valence-electron chi connectivity index (χ4n) is 2.48. The molecule has 1 heterocycles. The van der Waals surface area contributed by atoms with Crippen LogP contribution in [0.25, 0.3) is 0 Å². The first kappa shape index (κ1) is 23.5. The molecule has 0 aliphatic carbocycles. The number of aromatic nitrogens is 1. The summed E-state index contributed by atoms with van der Waals surface area (Å²) in [5.74, 6) is 1.74. The van der Waals surface area contributed by atoms with Gasteiger partial charge in [-0.05, 0) is 56.0 Å². The Kier molecular flexibility index (Phi) is 11.8. The first-order valence-electron chi connectivity index (χ1n) is 9.05. The summed E-state index contributed by atoms with van der Waals surface area (Å²) in [5, 5.41) is 7.15. The Labute approximate surface area is 184 Å². The molecular weight excluding hydrogens is 475 g/mol. The molecule has 0 aliphatic heterocycles. The van der Waals surface area contributed by atoms with Gasteiger partial charge in [0.15, 0.2) is 5.96 Å². The van der Waals surface area contributed by atoms with E-state index in [2.05, 4.69) is 39.7 Å². The molecule has 2 aromatic rings. The van der Waals surface area contributed by atoms with E-state index < -0.39 is 0 Å². The van der Waals surface area contributed by atoms with Crippen LogP contribution in [0.15, 0.2) is 47.6 Å². The second kappa shape index (κ2) is 13.6. The van der Waals surface area contributed by atoms with Crippen LogP contribution in [-0.2, 0) is 12.8 Å². The van der Waals surface area contributed by atoms with Gasteiger partial charge in [0.25, 0.3) is 0 Å². The van der Waals surface area contributed by atoms with E-state index in [0.29, 0.717) is 18.3 Å². The van der Waals surface area contributed by atoms with Gasteiger partial charge < -0.3 is 15.4 Å². The van der Waals surface area contributed by atoms with Gasteiger partial charge in [0.1, 0.15) is 10.9 Å².